The fraction of sp³-hybridized carbons (Fsp3) is 0.222. The van der Waals surface area contributed by atoms with Crippen LogP contribution in [-0.2, 0) is 16.0 Å². The van der Waals surface area contributed by atoms with Crippen LogP contribution in [0.4, 0.5) is 0 Å². The second-order valence-electron chi connectivity index (χ2n) is 5.46. The highest BCUT2D eigenvalue weighted by Crippen LogP contribution is 2.26. The molecule has 0 aliphatic heterocycles. The van der Waals surface area contributed by atoms with Gasteiger partial charge in [-0.25, -0.2) is 4.98 Å². The highest BCUT2D eigenvalue weighted by Gasteiger charge is 2.17. The molecule has 0 aliphatic rings. The number of pyridine rings is 1. The van der Waals surface area contributed by atoms with Gasteiger partial charge in [-0.3, -0.25) is 4.79 Å². The molecule has 0 unspecified atom stereocenters. The molecule has 0 amide bonds. The molecule has 112 valence electrons. The number of carbonyl (C=O) groups is 1. The molecule has 0 bridgehead atoms. The van der Waals surface area contributed by atoms with Crippen molar-refractivity contribution in [3.63, 3.8) is 0 Å². The first kappa shape index (κ1) is 14.3. The minimum absolute atomic E-state index is 0.199. The van der Waals surface area contributed by atoms with Crippen LogP contribution in [0.3, 0.4) is 0 Å². The van der Waals surface area contributed by atoms with Gasteiger partial charge in [-0.05, 0) is 25.5 Å². The van der Waals surface area contributed by atoms with Gasteiger partial charge in [0, 0.05) is 11.8 Å². The van der Waals surface area contributed by atoms with E-state index in [4.69, 9.17) is 9.72 Å². The first-order valence-electron chi connectivity index (χ1n) is 7.20. The fourth-order valence-corrected chi connectivity index (χ4v) is 2.52. The average Bonchev–Trinajstić information content (AvgIpc) is 2.86. The van der Waals surface area contributed by atoms with Crippen LogP contribution in [0.2, 0.25) is 0 Å². The summed E-state index contributed by atoms with van der Waals surface area (Å²) in [6, 6.07) is 12.1. The number of rotatable bonds is 3. The molecule has 0 fully saturated rings. The van der Waals surface area contributed by atoms with E-state index in [2.05, 4.69) is 0 Å². The van der Waals surface area contributed by atoms with Gasteiger partial charge in [0.2, 0.25) is 0 Å². The smallest absolute Gasteiger partial charge is 0.311 e. The van der Waals surface area contributed by atoms with Crippen LogP contribution in [0, 0.1) is 13.8 Å². The van der Waals surface area contributed by atoms with E-state index in [-0.39, 0.29) is 12.4 Å². The van der Waals surface area contributed by atoms with Crippen molar-refractivity contribution >= 4 is 11.6 Å². The number of fused-ring (bicyclic) bond motifs is 1. The molecule has 0 spiro atoms. The summed E-state index contributed by atoms with van der Waals surface area (Å²) in [7, 11) is 1.41. The summed E-state index contributed by atoms with van der Waals surface area (Å²) in [6.07, 6.45) is 2.20. The van der Waals surface area contributed by atoms with Crippen LogP contribution in [-0.4, -0.2) is 22.5 Å². The van der Waals surface area contributed by atoms with Crippen LogP contribution in [0.15, 0.2) is 42.6 Å². The standard InChI is InChI=1S/C18H18N2O2/c1-12-4-7-14(8-5-12)18-15(10-17(21)22-3)20-11-13(2)6-9-16(20)19-18/h4-9,11H,10H2,1-3H3. The fourth-order valence-electron chi connectivity index (χ4n) is 2.52. The normalized spacial score (nSPS) is 10.9. The molecule has 0 radical (unpaired) electrons. The summed E-state index contributed by atoms with van der Waals surface area (Å²) < 4.78 is 6.81. The van der Waals surface area contributed by atoms with Crippen LogP contribution < -0.4 is 0 Å². The molecular formula is C18H18N2O2. The number of imidazole rings is 1. The third kappa shape index (κ3) is 2.60. The monoisotopic (exact) mass is 294 g/mol. The van der Waals surface area contributed by atoms with E-state index in [0.29, 0.717) is 0 Å². The minimum atomic E-state index is -0.267. The van der Waals surface area contributed by atoms with E-state index in [1.54, 1.807) is 0 Å². The molecule has 3 rings (SSSR count). The van der Waals surface area contributed by atoms with Gasteiger partial charge in [0.15, 0.2) is 0 Å². The number of hydrogen-bond donors (Lipinski definition) is 0. The summed E-state index contributed by atoms with van der Waals surface area (Å²) in [5.41, 5.74) is 5.83. The Morgan fingerprint density at radius 2 is 1.77 bits per heavy atom. The van der Waals surface area contributed by atoms with Crippen LogP contribution in [0.1, 0.15) is 16.8 Å². The minimum Gasteiger partial charge on any atom is -0.469 e. The Morgan fingerprint density at radius 3 is 2.45 bits per heavy atom. The van der Waals surface area contributed by atoms with Crippen molar-refractivity contribution in [3.05, 3.63) is 59.4 Å². The molecule has 0 atom stereocenters. The highest BCUT2D eigenvalue weighted by atomic mass is 16.5. The van der Waals surface area contributed by atoms with Crippen molar-refractivity contribution in [2.75, 3.05) is 7.11 Å². The summed E-state index contributed by atoms with van der Waals surface area (Å²) in [5.74, 6) is -0.267. The van der Waals surface area contributed by atoms with Crippen LogP contribution in [0.25, 0.3) is 16.9 Å². The summed E-state index contributed by atoms with van der Waals surface area (Å²) in [5, 5.41) is 0. The van der Waals surface area contributed by atoms with Crippen molar-refractivity contribution < 1.29 is 9.53 Å². The van der Waals surface area contributed by atoms with Crippen LogP contribution >= 0.6 is 0 Å². The number of nitrogens with zero attached hydrogens (tertiary/aromatic N) is 2. The molecule has 4 heteroatoms. The number of esters is 1. The lowest BCUT2D eigenvalue weighted by atomic mass is 10.1. The van der Waals surface area contributed by atoms with E-state index in [9.17, 15) is 4.79 Å². The maximum absolute atomic E-state index is 11.8. The highest BCUT2D eigenvalue weighted by molar-refractivity contribution is 5.77. The van der Waals surface area contributed by atoms with Crippen LogP contribution in [0.5, 0.6) is 0 Å². The van der Waals surface area contributed by atoms with Gasteiger partial charge < -0.3 is 9.14 Å². The Labute approximate surface area is 129 Å². The molecule has 1 aromatic carbocycles. The second kappa shape index (κ2) is 5.64. The number of benzene rings is 1. The second-order valence-corrected chi connectivity index (χ2v) is 5.46. The van der Waals surface area contributed by atoms with Crippen molar-refractivity contribution in [1.82, 2.24) is 9.38 Å². The van der Waals surface area contributed by atoms with Gasteiger partial charge in [0.25, 0.3) is 0 Å². The molecule has 0 aliphatic carbocycles. The lowest BCUT2D eigenvalue weighted by Gasteiger charge is -2.05. The van der Waals surface area contributed by atoms with Crippen molar-refractivity contribution in [1.29, 1.82) is 0 Å². The maximum atomic E-state index is 11.8. The third-order valence-corrected chi connectivity index (χ3v) is 3.73. The van der Waals surface area contributed by atoms with Crippen molar-refractivity contribution in [2.45, 2.75) is 20.3 Å². The number of hydrogen-bond acceptors (Lipinski definition) is 3. The average molecular weight is 294 g/mol. The zero-order valence-electron chi connectivity index (χ0n) is 13.0. The zero-order chi connectivity index (χ0) is 15.7. The number of methoxy groups -OCH3 is 1. The zero-order valence-corrected chi connectivity index (χ0v) is 13.0. The Balaban J connectivity index is 2.21. The van der Waals surface area contributed by atoms with E-state index in [1.165, 1.54) is 12.7 Å². The Morgan fingerprint density at radius 1 is 1.09 bits per heavy atom. The first-order valence-corrected chi connectivity index (χ1v) is 7.20. The van der Waals surface area contributed by atoms with Gasteiger partial charge >= 0.3 is 5.97 Å². The lowest BCUT2D eigenvalue weighted by molar-refractivity contribution is -0.139. The molecule has 3 aromatic rings. The molecule has 2 aromatic heterocycles. The third-order valence-electron chi connectivity index (χ3n) is 3.73. The van der Waals surface area contributed by atoms with Gasteiger partial charge in [0.05, 0.1) is 24.9 Å². The SMILES string of the molecule is COC(=O)Cc1c(-c2ccc(C)cc2)nc2ccc(C)cn12. The Bertz CT molecular complexity index is 832. The molecule has 22 heavy (non-hydrogen) atoms. The first-order chi connectivity index (χ1) is 10.6. The number of aromatic nitrogens is 2. The summed E-state index contributed by atoms with van der Waals surface area (Å²) >= 11 is 0. The van der Waals surface area contributed by atoms with Gasteiger partial charge in [-0.1, -0.05) is 35.9 Å². The lowest BCUT2D eigenvalue weighted by Crippen LogP contribution is -2.08. The van der Waals surface area contributed by atoms with Crippen molar-refractivity contribution in [2.24, 2.45) is 0 Å². The largest absolute Gasteiger partial charge is 0.469 e. The molecule has 0 saturated heterocycles. The topological polar surface area (TPSA) is 43.6 Å². The van der Waals surface area contributed by atoms with E-state index in [1.807, 2.05) is 60.8 Å². The molecule has 0 N–H and O–H groups in total. The molecule has 2 heterocycles. The molecule has 4 nitrogen and oxygen atoms in total. The predicted molar refractivity (Wildman–Crippen MR) is 85.8 cm³/mol. The van der Waals surface area contributed by atoms with Crippen molar-refractivity contribution in [3.8, 4) is 11.3 Å². The Hall–Kier alpha value is -2.62. The maximum Gasteiger partial charge on any atom is 0.311 e. The van der Waals surface area contributed by atoms with Gasteiger partial charge in [0.1, 0.15) is 5.65 Å². The number of carbonyl (C=O) groups excluding carboxylic acids is 1. The summed E-state index contributed by atoms with van der Waals surface area (Å²) in [4.78, 5) is 16.5. The number of ether oxygens (including phenoxy) is 1. The molecular weight excluding hydrogens is 276 g/mol. The van der Waals surface area contributed by atoms with E-state index < -0.39 is 0 Å². The quantitative estimate of drug-likeness (QED) is 0.696. The molecule has 0 saturated carbocycles. The number of aryl methyl sites for hydroxylation is 2. The van der Waals surface area contributed by atoms with Gasteiger partial charge in [-0.15, -0.1) is 0 Å². The Kier molecular flexibility index (Phi) is 3.67. The van der Waals surface area contributed by atoms with E-state index in [0.717, 1.165) is 28.2 Å². The van der Waals surface area contributed by atoms with E-state index >= 15 is 0 Å². The van der Waals surface area contributed by atoms with Gasteiger partial charge in [-0.2, -0.15) is 0 Å². The predicted octanol–water partition coefficient (Wildman–Crippen LogP) is 3.33. The summed E-state index contributed by atoms with van der Waals surface area (Å²) in [6.45, 7) is 4.07.